The summed E-state index contributed by atoms with van der Waals surface area (Å²) in [5.41, 5.74) is 1.09. The van der Waals surface area contributed by atoms with Crippen LogP contribution in [0.1, 0.15) is 38.8 Å². The minimum Gasteiger partial charge on any atom is -0.508 e. The van der Waals surface area contributed by atoms with Crippen LogP contribution in [0.15, 0.2) is 48.5 Å². The molecule has 1 atom stereocenters. The fourth-order valence-corrected chi connectivity index (χ4v) is 3.63. The van der Waals surface area contributed by atoms with Crippen LogP contribution in [0.3, 0.4) is 0 Å². The van der Waals surface area contributed by atoms with Gasteiger partial charge in [-0.3, -0.25) is 4.79 Å². The van der Waals surface area contributed by atoms with E-state index >= 15 is 0 Å². The largest absolute Gasteiger partial charge is 0.508 e. The number of nitrogens with zero attached hydrogens (tertiary/aromatic N) is 2. The maximum absolute atomic E-state index is 13.0. The van der Waals surface area contributed by atoms with Crippen LogP contribution in [0.5, 0.6) is 11.5 Å². The summed E-state index contributed by atoms with van der Waals surface area (Å²) in [6, 6.07) is 14.4. The summed E-state index contributed by atoms with van der Waals surface area (Å²) in [5, 5.41) is 9.94. The predicted octanol–water partition coefficient (Wildman–Crippen LogP) is 3.98. The Morgan fingerprint density at radius 1 is 1.09 bits per heavy atom. The third-order valence-corrected chi connectivity index (χ3v) is 5.23. The molecule has 1 heterocycles. The zero-order chi connectivity index (χ0) is 23.3. The number of carbonyl (C=O) groups excluding carboxylic acids is 2. The molecule has 7 nitrogen and oxygen atoms in total. The van der Waals surface area contributed by atoms with E-state index in [-0.39, 0.29) is 30.2 Å². The summed E-state index contributed by atoms with van der Waals surface area (Å²) < 4.78 is 11.4. The van der Waals surface area contributed by atoms with Gasteiger partial charge in [-0.05, 0) is 51.5 Å². The number of benzene rings is 2. The van der Waals surface area contributed by atoms with Crippen LogP contribution in [-0.2, 0) is 22.6 Å². The van der Waals surface area contributed by atoms with E-state index in [2.05, 4.69) is 0 Å². The lowest BCUT2D eigenvalue weighted by molar-refractivity contribution is -0.133. The van der Waals surface area contributed by atoms with Gasteiger partial charge in [0.1, 0.15) is 23.7 Å². The van der Waals surface area contributed by atoms with E-state index < -0.39 is 5.60 Å². The minimum absolute atomic E-state index is 0.0733. The molecule has 32 heavy (non-hydrogen) atoms. The normalized spacial score (nSPS) is 16.6. The van der Waals surface area contributed by atoms with E-state index in [1.54, 1.807) is 28.0 Å². The van der Waals surface area contributed by atoms with Crippen molar-refractivity contribution >= 4 is 12.0 Å². The summed E-state index contributed by atoms with van der Waals surface area (Å²) in [4.78, 5) is 28.8. The number of carbonyl (C=O) groups is 2. The summed E-state index contributed by atoms with van der Waals surface area (Å²) >= 11 is 0. The summed E-state index contributed by atoms with van der Waals surface area (Å²) in [7, 11) is 0. The lowest BCUT2D eigenvalue weighted by Gasteiger charge is -2.40. The summed E-state index contributed by atoms with van der Waals surface area (Å²) in [5.74, 6) is 0.583. The smallest absolute Gasteiger partial charge is 0.410 e. The van der Waals surface area contributed by atoms with Gasteiger partial charge >= 0.3 is 6.09 Å². The molecule has 1 fully saturated rings. The molecule has 1 N–H and O–H groups in total. The van der Waals surface area contributed by atoms with Gasteiger partial charge in [0.2, 0.25) is 5.91 Å². The zero-order valence-electron chi connectivity index (χ0n) is 19.2. The van der Waals surface area contributed by atoms with Crippen molar-refractivity contribution in [1.82, 2.24) is 9.80 Å². The first-order chi connectivity index (χ1) is 15.1. The van der Waals surface area contributed by atoms with Crippen molar-refractivity contribution < 1.29 is 24.2 Å². The van der Waals surface area contributed by atoms with Gasteiger partial charge in [-0.1, -0.05) is 30.3 Å². The second kappa shape index (κ2) is 9.94. The molecule has 0 bridgehead atoms. The first-order valence-electron chi connectivity index (χ1n) is 10.9. The monoisotopic (exact) mass is 440 g/mol. The first-order valence-corrected chi connectivity index (χ1v) is 10.9. The van der Waals surface area contributed by atoms with Crippen LogP contribution in [0.2, 0.25) is 0 Å². The highest BCUT2D eigenvalue weighted by molar-refractivity contribution is 5.80. The van der Waals surface area contributed by atoms with E-state index in [0.29, 0.717) is 37.6 Å². The van der Waals surface area contributed by atoms with E-state index in [0.717, 1.165) is 5.56 Å². The average Bonchev–Trinajstić information content (AvgIpc) is 2.72. The number of piperazine rings is 1. The Hall–Kier alpha value is -3.22. The Bertz CT molecular complexity index is 939. The standard InChI is InChI=1S/C25H32N2O5/c1-18-16-26(12-13-27(18)24(30)32-25(2,3)4)23(29)15-20-14-21(28)10-11-22(20)31-17-19-8-6-5-7-9-19/h5-11,14,18,28H,12-13,15-17H2,1-4H3/t18-/m1/s1. The molecular weight excluding hydrogens is 408 g/mol. The number of ether oxygens (including phenoxy) is 2. The van der Waals surface area contributed by atoms with Crippen molar-refractivity contribution in [3.8, 4) is 11.5 Å². The van der Waals surface area contributed by atoms with E-state index in [1.165, 1.54) is 0 Å². The summed E-state index contributed by atoms with van der Waals surface area (Å²) in [6.07, 6.45) is -0.251. The molecule has 0 unspecified atom stereocenters. The van der Waals surface area contributed by atoms with Crippen LogP contribution < -0.4 is 4.74 Å². The molecule has 1 saturated heterocycles. The van der Waals surface area contributed by atoms with E-state index in [1.807, 2.05) is 58.0 Å². The Balaban J connectivity index is 1.62. The van der Waals surface area contributed by atoms with E-state index in [4.69, 9.17) is 9.47 Å². The second-order valence-corrected chi connectivity index (χ2v) is 9.11. The maximum atomic E-state index is 13.0. The highest BCUT2D eigenvalue weighted by atomic mass is 16.6. The molecular formula is C25H32N2O5. The van der Waals surface area contributed by atoms with Crippen LogP contribution in [-0.4, -0.2) is 58.2 Å². The van der Waals surface area contributed by atoms with Crippen LogP contribution in [0.4, 0.5) is 4.79 Å². The molecule has 2 aromatic carbocycles. The van der Waals surface area contributed by atoms with Crippen LogP contribution in [0.25, 0.3) is 0 Å². The van der Waals surface area contributed by atoms with Crippen molar-refractivity contribution in [3.05, 3.63) is 59.7 Å². The van der Waals surface area contributed by atoms with Crippen molar-refractivity contribution in [2.24, 2.45) is 0 Å². The third-order valence-electron chi connectivity index (χ3n) is 5.23. The third kappa shape index (κ3) is 6.39. The molecule has 172 valence electrons. The molecule has 1 aliphatic rings. The number of phenolic OH excluding ortho intramolecular Hbond substituents is 1. The SMILES string of the molecule is C[C@@H]1CN(C(=O)Cc2cc(O)ccc2OCc2ccccc2)CCN1C(=O)OC(C)(C)C. The number of amides is 2. The van der Waals surface area contributed by atoms with Gasteiger partial charge in [0, 0.05) is 31.2 Å². The Labute approximate surface area is 189 Å². The topological polar surface area (TPSA) is 79.3 Å². The van der Waals surface area contributed by atoms with Gasteiger partial charge in [-0.15, -0.1) is 0 Å². The molecule has 3 rings (SSSR count). The Morgan fingerprint density at radius 3 is 2.47 bits per heavy atom. The number of hydrogen-bond acceptors (Lipinski definition) is 5. The molecule has 0 radical (unpaired) electrons. The molecule has 2 aromatic rings. The van der Waals surface area contributed by atoms with Crippen molar-refractivity contribution in [2.75, 3.05) is 19.6 Å². The molecule has 0 aromatic heterocycles. The fraction of sp³-hybridized carbons (Fsp3) is 0.440. The molecule has 1 aliphatic heterocycles. The lowest BCUT2D eigenvalue weighted by atomic mass is 10.1. The van der Waals surface area contributed by atoms with Gasteiger partial charge in [0.25, 0.3) is 0 Å². The van der Waals surface area contributed by atoms with Gasteiger partial charge in [-0.2, -0.15) is 0 Å². The average molecular weight is 441 g/mol. The first kappa shape index (κ1) is 23.4. The Kier molecular flexibility index (Phi) is 7.28. The molecule has 7 heteroatoms. The maximum Gasteiger partial charge on any atom is 0.410 e. The fourth-order valence-electron chi connectivity index (χ4n) is 3.63. The number of aromatic hydroxyl groups is 1. The number of hydrogen-bond donors (Lipinski definition) is 1. The molecule has 0 saturated carbocycles. The van der Waals surface area contributed by atoms with Gasteiger partial charge < -0.3 is 24.4 Å². The van der Waals surface area contributed by atoms with Gasteiger partial charge in [0.15, 0.2) is 0 Å². The van der Waals surface area contributed by atoms with Crippen molar-refractivity contribution in [1.29, 1.82) is 0 Å². The number of rotatable bonds is 5. The molecule has 0 aliphatic carbocycles. The zero-order valence-corrected chi connectivity index (χ0v) is 19.2. The van der Waals surface area contributed by atoms with Crippen LogP contribution in [0, 0.1) is 0 Å². The van der Waals surface area contributed by atoms with Crippen LogP contribution >= 0.6 is 0 Å². The highest BCUT2D eigenvalue weighted by Gasteiger charge is 2.32. The van der Waals surface area contributed by atoms with Crippen molar-refractivity contribution in [2.45, 2.75) is 52.4 Å². The lowest BCUT2D eigenvalue weighted by Crippen LogP contribution is -2.56. The quantitative estimate of drug-likeness (QED) is 0.761. The minimum atomic E-state index is -0.560. The number of phenols is 1. The van der Waals surface area contributed by atoms with Gasteiger partial charge in [0.05, 0.1) is 6.42 Å². The van der Waals surface area contributed by atoms with Gasteiger partial charge in [-0.25, -0.2) is 4.79 Å². The van der Waals surface area contributed by atoms with Crippen molar-refractivity contribution in [3.63, 3.8) is 0 Å². The second-order valence-electron chi connectivity index (χ2n) is 9.11. The predicted molar refractivity (Wildman–Crippen MR) is 122 cm³/mol. The van der Waals surface area contributed by atoms with E-state index in [9.17, 15) is 14.7 Å². The highest BCUT2D eigenvalue weighted by Crippen LogP contribution is 2.26. The Morgan fingerprint density at radius 2 is 1.81 bits per heavy atom. The summed E-state index contributed by atoms with van der Waals surface area (Å²) in [6.45, 7) is 9.06. The molecule has 0 spiro atoms. The molecule has 2 amide bonds.